The molecule has 2 N–H and O–H groups in total. The van der Waals surface area contributed by atoms with Crippen molar-refractivity contribution >= 4 is 23.0 Å². The molecule has 0 fully saturated rings. The predicted molar refractivity (Wildman–Crippen MR) is 96.0 cm³/mol. The molecule has 136 valence electrons. The second-order valence-electron chi connectivity index (χ2n) is 5.72. The van der Waals surface area contributed by atoms with Gasteiger partial charge in [0.25, 0.3) is 0 Å². The zero-order chi connectivity index (χ0) is 18.4. The fourth-order valence-corrected chi connectivity index (χ4v) is 2.40. The van der Waals surface area contributed by atoms with Crippen LogP contribution in [0.2, 0.25) is 0 Å². The minimum absolute atomic E-state index is 0.239. The molecule has 0 saturated carbocycles. The molecule has 0 atom stereocenters. The molecule has 0 unspecified atom stereocenters. The van der Waals surface area contributed by atoms with Gasteiger partial charge in [-0.05, 0) is 63.5 Å². The van der Waals surface area contributed by atoms with E-state index in [1.807, 2.05) is 19.0 Å². The summed E-state index contributed by atoms with van der Waals surface area (Å²) in [4.78, 5) is 2.04. The van der Waals surface area contributed by atoms with Crippen molar-refractivity contribution in [1.82, 2.24) is 20.0 Å². The van der Waals surface area contributed by atoms with Gasteiger partial charge in [0.2, 0.25) is 0 Å². The van der Waals surface area contributed by atoms with Gasteiger partial charge in [-0.1, -0.05) is 0 Å². The number of anilines is 1. The molecule has 1 heterocycles. The average molecular weight is 371 g/mol. The third kappa shape index (κ3) is 5.71. The molecule has 0 saturated heterocycles. The van der Waals surface area contributed by atoms with Gasteiger partial charge in [-0.25, -0.2) is 4.68 Å². The SMILES string of the molecule is CN(C)CCCNC(=S)Nc1cc(C(F)(F)F)ccc1-n1cccn1. The van der Waals surface area contributed by atoms with Crippen LogP contribution in [0.5, 0.6) is 0 Å². The van der Waals surface area contributed by atoms with Gasteiger partial charge in [-0.2, -0.15) is 18.3 Å². The molecule has 0 aliphatic heterocycles. The van der Waals surface area contributed by atoms with E-state index in [0.29, 0.717) is 12.2 Å². The van der Waals surface area contributed by atoms with Gasteiger partial charge in [0.1, 0.15) is 0 Å². The number of aromatic nitrogens is 2. The van der Waals surface area contributed by atoms with Gasteiger partial charge < -0.3 is 15.5 Å². The van der Waals surface area contributed by atoms with Gasteiger partial charge in [-0.3, -0.25) is 0 Å². The van der Waals surface area contributed by atoms with Crippen molar-refractivity contribution in [2.24, 2.45) is 0 Å². The first-order valence-corrected chi connectivity index (χ1v) is 8.09. The molecule has 2 rings (SSSR count). The van der Waals surface area contributed by atoms with E-state index < -0.39 is 11.7 Å². The summed E-state index contributed by atoms with van der Waals surface area (Å²) >= 11 is 5.19. The molecule has 9 heteroatoms. The summed E-state index contributed by atoms with van der Waals surface area (Å²) in [5.74, 6) is 0. The number of thiocarbonyl (C=S) groups is 1. The number of benzene rings is 1. The molecule has 1 aromatic carbocycles. The molecule has 0 radical (unpaired) electrons. The molecule has 5 nitrogen and oxygen atoms in total. The van der Waals surface area contributed by atoms with Gasteiger partial charge in [0, 0.05) is 18.9 Å². The molecule has 0 amide bonds. The number of nitrogens with zero attached hydrogens (tertiary/aromatic N) is 3. The lowest BCUT2D eigenvalue weighted by atomic mass is 10.1. The maximum absolute atomic E-state index is 13.0. The fraction of sp³-hybridized carbons (Fsp3) is 0.375. The van der Waals surface area contributed by atoms with Crippen molar-refractivity contribution in [3.05, 3.63) is 42.2 Å². The van der Waals surface area contributed by atoms with Gasteiger partial charge in [0.05, 0.1) is 16.9 Å². The van der Waals surface area contributed by atoms with Crippen molar-refractivity contribution in [2.45, 2.75) is 12.6 Å². The normalized spacial score (nSPS) is 11.6. The lowest BCUT2D eigenvalue weighted by Crippen LogP contribution is -2.31. The highest BCUT2D eigenvalue weighted by Crippen LogP contribution is 2.33. The summed E-state index contributed by atoms with van der Waals surface area (Å²) in [6.45, 7) is 1.51. The zero-order valence-electron chi connectivity index (χ0n) is 14.0. The standard InChI is InChI=1S/C16H20F3N5S/c1-23(2)9-3-7-20-15(25)22-13-11-12(16(17,18)19)5-6-14(13)24-10-4-8-21-24/h4-6,8,10-11H,3,7,9H2,1-2H3,(H2,20,22,25). The summed E-state index contributed by atoms with van der Waals surface area (Å²) < 4.78 is 40.5. The van der Waals surface area contributed by atoms with Crippen molar-refractivity contribution in [2.75, 3.05) is 32.5 Å². The Bertz CT molecular complexity index is 698. The van der Waals surface area contributed by atoms with Gasteiger partial charge in [-0.15, -0.1) is 0 Å². The summed E-state index contributed by atoms with van der Waals surface area (Å²) in [5, 5.41) is 10.2. The van der Waals surface area contributed by atoms with Crippen LogP contribution in [0, 0.1) is 0 Å². The molecular weight excluding hydrogens is 351 g/mol. The van der Waals surface area contributed by atoms with E-state index in [1.165, 1.54) is 10.7 Å². The summed E-state index contributed by atoms with van der Waals surface area (Å²) in [6.07, 6.45) is -0.357. The molecule has 2 aromatic rings. The molecule has 0 bridgehead atoms. The van der Waals surface area contributed by atoms with E-state index in [0.717, 1.165) is 25.1 Å². The highest BCUT2D eigenvalue weighted by Gasteiger charge is 2.31. The van der Waals surface area contributed by atoms with Crippen LogP contribution in [0.15, 0.2) is 36.7 Å². The Morgan fingerprint density at radius 3 is 2.68 bits per heavy atom. The van der Waals surface area contributed by atoms with Crippen LogP contribution in [-0.4, -0.2) is 47.0 Å². The Labute approximate surface area is 149 Å². The first-order chi connectivity index (χ1) is 11.8. The predicted octanol–water partition coefficient (Wildman–Crippen LogP) is 3.13. The number of hydrogen-bond acceptors (Lipinski definition) is 3. The third-order valence-corrected chi connectivity index (χ3v) is 3.64. The van der Waals surface area contributed by atoms with Crippen molar-refractivity contribution in [3.63, 3.8) is 0 Å². The Kier molecular flexibility index (Phi) is 6.38. The summed E-state index contributed by atoms with van der Waals surface area (Å²) in [7, 11) is 3.94. The van der Waals surface area contributed by atoms with E-state index in [-0.39, 0.29) is 10.8 Å². The molecule has 0 aliphatic rings. The van der Waals surface area contributed by atoms with Crippen LogP contribution >= 0.6 is 12.2 Å². The van der Waals surface area contributed by atoms with Crippen molar-refractivity contribution in [1.29, 1.82) is 0 Å². The summed E-state index contributed by atoms with van der Waals surface area (Å²) in [5.41, 5.74) is -0.0274. The van der Waals surface area contributed by atoms with E-state index in [2.05, 4.69) is 15.7 Å². The lowest BCUT2D eigenvalue weighted by Gasteiger charge is -2.17. The molecule has 25 heavy (non-hydrogen) atoms. The van der Waals surface area contributed by atoms with Crippen LogP contribution in [0.25, 0.3) is 5.69 Å². The first-order valence-electron chi connectivity index (χ1n) is 7.68. The maximum atomic E-state index is 13.0. The minimum atomic E-state index is -4.43. The van der Waals surface area contributed by atoms with Crippen molar-refractivity contribution in [3.8, 4) is 5.69 Å². The fourth-order valence-electron chi connectivity index (χ4n) is 2.19. The third-order valence-electron chi connectivity index (χ3n) is 3.39. The molecule has 0 aliphatic carbocycles. The molecule has 1 aromatic heterocycles. The van der Waals surface area contributed by atoms with E-state index in [9.17, 15) is 13.2 Å². The summed E-state index contributed by atoms with van der Waals surface area (Å²) in [6, 6.07) is 5.12. The smallest absolute Gasteiger partial charge is 0.362 e. The number of rotatable bonds is 6. The van der Waals surface area contributed by atoms with E-state index in [4.69, 9.17) is 12.2 Å². The van der Waals surface area contributed by atoms with Crippen molar-refractivity contribution < 1.29 is 13.2 Å². The maximum Gasteiger partial charge on any atom is 0.416 e. The second kappa shape index (κ2) is 8.30. The van der Waals surface area contributed by atoms with Gasteiger partial charge >= 0.3 is 6.18 Å². The van der Waals surface area contributed by atoms with Crippen LogP contribution in [0.1, 0.15) is 12.0 Å². The highest BCUT2D eigenvalue weighted by molar-refractivity contribution is 7.80. The average Bonchev–Trinajstić information content (AvgIpc) is 3.04. The number of halogens is 3. The Hall–Kier alpha value is -2.13. The van der Waals surface area contributed by atoms with Crippen LogP contribution in [0.4, 0.5) is 18.9 Å². The largest absolute Gasteiger partial charge is 0.416 e. The second-order valence-corrected chi connectivity index (χ2v) is 6.13. The number of hydrogen-bond donors (Lipinski definition) is 2. The number of nitrogens with one attached hydrogen (secondary N) is 2. The van der Waals surface area contributed by atoms with Gasteiger partial charge in [0.15, 0.2) is 5.11 Å². The Morgan fingerprint density at radius 2 is 2.08 bits per heavy atom. The quantitative estimate of drug-likeness (QED) is 0.603. The minimum Gasteiger partial charge on any atom is -0.362 e. The topological polar surface area (TPSA) is 45.1 Å². The zero-order valence-corrected chi connectivity index (χ0v) is 14.8. The van der Waals surface area contributed by atoms with E-state index in [1.54, 1.807) is 18.5 Å². The van der Waals surface area contributed by atoms with E-state index >= 15 is 0 Å². The highest BCUT2D eigenvalue weighted by atomic mass is 32.1. The molecular formula is C16H20F3N5S. The number of alkyl halides is 3. The van der Waals surface area contributed by atoms with Crippen LogP contribution < -0.4 is 10.6 Å². The first kappa shape index (κ1) is 19.2. The van der Waals surface area contributed by atoms with Crippen LogP contribution in [-0.2, 0) is 6.18 Å². The molecule has 0 spiro atoms. The Morgan fingerprint density at radius 1 is 1.32 bits per heavy atom. The lowest BCUT2D eigenvalue weighted by molar-refractivity contribution is -0.137. The van der Waals surface area contributed by atoms with Crippen LogP contribution in [0.3, 0.4) is 0 Å². The Balaban J connectivity index is 2.14. The monoisotopic (exact) mass is 371 g/mol.